The Kier molecular flexibility index (Phi) is 4.53. The lowest BCUT2D eigenvalue weighted by atomic mass is 10.2. The molecule has 2 aromatic rings. The predicted molar refractivity (Wildman–Crippen MR) is 68.9 cm³/mol. The molecule has 6 heteroatoms. The normalized spacial score (nSPS) is 10.7. The summed E-state index contributed by atoms with van der Waals surface area (Å²) in [5.41, 5.74) is 1.18. The third-order valence-corrected chi connectivity index (χ3v) is 3.46. The zero-order valence-corrected chi connectivity index (χ0v) is 11.3. The third-order valence-electron chi connectivity index (χ3n) is 2.25. The van der Waals surface area contributed by atoms with E-state index in [0.29, 0.717) is 0 Å². The van der Waals surface area contributed by atoms with E-state index in [2.05, 4.69) is 35.9 Å². The van der Waals surface area contributed by atoms with E-state index in [1.807, 2.05) is 18.2 Å². The smallest absolute Gasteiger partial charge is 0.213 e. The SMILES string of the molecule is Clc1ccc(CNCCc2ncon2)cc1Br. The summed E-state index contributed by atoms with van der Waals surface area (Å²) in [6.07, 6.45) is 2.09. The van der Waals surface area contributed by atoms with Gasteiger partial charge in [-0.15, -0.1) is 0 Å². The summed E-state index contributed by atoms with van der Waals surface area (Å²) < 4.78 is 5.56. The molecule has 0 aliphatic rings. The Bertz CT molecular complexity index is 476. The van der Waals surface area contributed by atoms with E-state index in [1.165, 1.54) is 12.0 Å². The summed E-state index contributed by atoms with van der Waals surface area (Å²) in [7, 11) is 0. The van der Waals surface area contributed by atoms with Crippen LogP contribution in [0.3, 0.4) is 0 Å². The van der Waals surface area contributed by atoms with Crippen LogP contribution in [0.4, 0.5) is 0 Å². The highest BCUT2D eigenvalue weighted by atomic mass is 79.9. The summed E-state index contributed by atoms with van der Waals surface area (Å²) in [4.78, 5) is 3.94. The van der Waals surface area contributed by atoms with Crippen molar-refractivity contribution in [3.63, 3.8) is 0 Å². The number of nitrogens with one attached hydrogen (secondary N) is 1. The van der Waals surface area contributed by atoms with Crippen LogP contribution < -0.4 is 5.32 Å². The topological polar surface area (TPSA) is 51.0 Å². The van der Waals surface area contributed by atoms with Gasteiger partial charge < -0.3 is 9.84 Å². The van der Waals surface area contributed by atoms with Crippen LogP contribution in [0.5, 0.6) is 0 Å². The molecule has 0 amide bonds. The molecule has 0 radical (unpaired) electrons. The number of aromatic nitrogens is 2. The molecule has 4 nitrogen and oxygen atoms in total. The fraction of sp³-hybridized carbons (Fsp3) is 0.273. The molecule has 17 heavy (non-hydrogen) atoms. The number of hydrogen-bond donors (Lipinski definition) is 1. The molecule has 0 bridgehead atoms. The zero-order chi connectivity index (χ0) is 12.1. The average Bonchev–Trinajstić information content (AvgIpc) is 2.82. The second kappa shape index (κ2) is 6.14. The third kappa shape index (κ3) is 3.80. The van der Waals surface area contributed by atoms with Crippen molar-refractivity contribution in [1.82, 2.24) is 15.5 Å². The van der Waals surface area contributed by atoms with Crippen LogP contribution >= 0.6 is 27.5 Å². The molecule has 0 saturated heterocycles. The van der Waals surface area contributed by atoms with E-state index in [-0.39, 0.29) is 0 Å². The molecule has 1 N–H and O–H groups in total. The predicted octanol–water partition coefficient (Wildman–Crippen LogP) is 2.82. The fourth-order valence-electron chi connectivity index (χ4n) is 1.39. The summed E-state index contributed by atoms with van der Waals surface area (Å²) in [5.74, 6) is 0.717. The zero-order valence-electron chi connectivity index (χ0n) is 8.99. The lowest BCUT2D eigenvalue weighted by Crippen LogP contribution is -2.17. The maximum absolute atomic E-state index is 5.92. The Morgan fingerprint density at radius 2 is 2.29 bits per heavy atom. The molecule has 1 aromatic carbocycles. The first kappa shape index (κ1) is 12.5. The molecule has 0 aliphatic carbocycles. The van der Waals surface area contributed by atoms with Crippen LogP contribution in [0, 0.1) is 0 Å². The molecule has 0 fully saturated rings. The van der Waals surface area contributed by atoms with Crippen LogP contribution in [-0.4, -0.2) is 16.7 Å². The maximum atomic E-state index is 5.92. The number of hydrogen-bond acceptors (Lipinski definition) is 4. The number of rotatable bonds is 5. The molecule has 0 atom stereocenters. The van der Waals surface area contributed by atoms with Gasteiger partial charge in [0.25, 0.3) is 0 Å². The molecule has 0 unspecified atom stereocenters. The van der Waals surface area contributed by atoms with Crippen molar-refractivity contribution in [2.75, 3.05) is 6.54 Å². The van der Waals surface area contributed by atoms with Gasteiger partial charge >= 0.3 is 0 Å². The van der Waals surface area contributed by atoms with E-state index in [9.17, 15) is 0 Å². The van der Waals surface area contributed by atoms with E-state index < -0.39 is 0 Å². The van der Waals surface area contributed by atoms with Crippen LogP contribution in [0.2, 0.25) is 5.02 Å². The quantitative estimate of drug-likeness (QED) is 0.862. The Morgan fingerprint density at radius 1 is 1.41 bits per heavy atom. The van der Waals surface area contributed by atoms with E-state index in [4.69, 9.17) is 11.6 Å². The van der Waals surface area contributed by atoms with Crippen molar-refractivity contribution >= 4 is 27.5 Å². The standard InChI is InChI=1S/C11H11BrClN3O/c12-9-5-8(1-2-10(9)13)6-14-4-3-11-15-7-17-16-11/h1-2,5,7,14H,3-4,6H2. The fourth-order valence-corrected chi connectivity index (χ4v) is 1.93. The highest BCUT2D eigenvalue weighted by Crippen LogP contribution is 2.22. The van der Waals surface area contributed by atoms with Gasteiger partial charge in [-0.3, -0.25) is 0 Å². The average molecular weight is 317 g/mol. The van der Waals surface area contributed by atoms with Gasteiger partial charge in [-0.1, -0.05) is 22.8 Å². The van der Waals surface area contributed by atoms with Crippen molar-refractivity contribution in [1.29, 1.82) is 0 Å². The van der Waals surface area contributed by atoms with Gasteiger partial charge in [-0.25, -0.2) is 0 Å². The van der Waals surface area contributed by atoms with Gasteiger partial charge in [0.05, 0.1) is 5.02 Å². The summed E-state index contributed by atoms with van der Waals surface area (Å²) in [5, 5.41) is 7.76. The number of halogens is 2. The van der Waals surface area contributed by atoms with Crippen LogP contribution in [0.15, 0.2) is 33.6 Å². The number of benzene rings is 1. The van der Waals surface area contributed by atoms with Crippen molar-refractivity contribution in [3.05, 3.63) is 45.5 Å². The van der Waals surface area contributed by atoms with Gasteiger partial charge in [0.15, 0.2) is 5.82 Å². The molecule has 0 saturated carbocycles. The molecule has 90 valence electrons. The lowest BCUT2D eigenvalue weighted by molar-refractivity contribution is 0.409. The summed E-state index contributed by atoms with van der Waals surface area (Å²) in [6.45, 7) is 1.59. The van der Waals surface area contributed by atoms with E-state index in [0.717, 1.165) is 34.8 Å². The summed E-state index contributed by atoms with van der Waals surface area (Å²) >= 11 is 9.31. The molecule has 0 aliphatic heterocycles. The van der Waals surface area contributed by atoms with Crippen LogP contribution in [0.1, 0.15) is 11.4 Å². The van der Waals surface area contributed by atoms with Crippen molar-refractivity contribution in [3.8, 4) is 0 Å². The minimum Gasteiger partial charge on any atom is -0.343 e. The highest BCUT2D eigenvalue weighted by molar-refractivity contribution is 9.10. The van der Waals surface area contributed by atoms with Crippen LogP contribution in [-0.2, 0) is 13.0 Å². The maximum Gasteiger partial charge on any atom is 0.213 e. The van der Waals surface area contributed by atoms with E-state index in [1.54, 1.807) is 0 Å². The second-order valence-electron chi connectivity index (χ2n) is 3.52. The highest BCUT2D eigenvalue weighted by Gasteiger charge is 2.00. The Balaban J connectivity index is 1.76. The minimum atomic E-state index is 0.717. The van der Waals surface area contributed by atoms with Crippen molar-refractivity contribution < 1.29 is 4.52 Å². The van der Waals surface area contributed by atoms with Crippen molar-refractivity contribution in [2.45, 2.75) is 13.0 Å². The molecular weight excluding hydrogens is 305 g/mol. The molecule has 1 aromatic heterocycles. The van der Waals surface area contributed by atoms with Gasteiger partial charge in [0.2, 0.25) is 6.39 Å². The first-order chi connectivity index (χ1) is 8.25. The Morgan fingerprint density at radius 3 is 3.00 bits per heavy atom. The Labute approximate surface area is 112 Å². The molecule has 2 rings (SSSR count). The van der Waals surface area contributed by atoms with Gasteiger partial charge in [0, 0.05) is 24.0 Å². The Hall–Kier alpha value is -0.910. The first-order valence-electron chi connectivity index (χ1n) is 5.15. The molecule has 1 heterocycles. The molecule has 0 spiro atoms. The van der Waals surface area contributed by atoms with Gasteiger partial charge in [0.1, 0.15) is 0 Å². The van der Waals surface area contributed by atoms with Gasteiger partial charge in [-0.05, 0) is 33.6 Å². The lowest BCUT2D eigenvalue weighted by Gasteiger charge is -2.04. The van der Waals surface area contributed by atoms with E-state index >= 15 is 0 Å². The number of nitrogens with zero attached hydrogens (tertiary/aromatic N) is 2. The summed E-state index contributed by atoms with van der Waals surface area (Å²) in [6, 6.07) is 5.87. The largest absolute Gasteiger partial charge is 0.343 e. The second-order valence-corrected chi connectivity index (χ2v) is 4.78. The molecular formula is C11H11BrClN3O. The first-order valence-corrected chi connectivity index (χ1v) is 6.32. The minimum absolute atomic E-state index is 0.717. The van der Waals surface area contributed by atoms with Crippen LogP contribution in [0.25, 0.3) is 0 Å². The van der Waals surface area contributed by atoms with Gasteiger partial charge in [-0.2, -0.15) is 4.98 Å². The van der Waals surface area contributed by atoms with Crippen molar-refractivity contribution in [2.24, 2.45) is 0 Å². The monoisotopic (exact) mass is 315 g/mol.